The van der Waals surface area contributed by atoms with Crippen LogP contribution in [0.25, 0.3) is 0 Å². The number of aryl methyl sites for hydroxylation is 1. The van der Waals surface area contributed by atoms with Crippen molar-refractivity contribution in [1.82, 2.24) is 9.88 Å². The van der Waals surface area contributed by atoms with Crippen LogP contribution in [0.1, 0.15) is 57.8 Å². The first-order valence-electron chi connectivity index (χ1n) is 6.85. The number of aromatic nitrogens is 1. The third-order valence-corrected chi connectivity index (χ3v) is 3.86. The molecule has 0 saturated heterocycles. The van der Waals surface area contributed by atoms with E-state index < -0.39 is 0 Å². The van der Waals surface area contributed by atoms with E-state index in [0.717, 1.165) is 11.5 Å². The van der Waals surface area contributed by atoms with Crippen molar-refractivity contribution in [3.8, 4) is 0 Å². The zero-order valence-electron chi connectivity index (χ0n) is 13.0. The molecule has 112 valence electrons. The van der Waals surface area contributed by atoms with Gasteiger partial charge in [0.2, 0.25) is 0 Å². The zero-order chi connectivity index (χ0) is 15.7. The van der Waals surface area contributed by atoms with Gasteiger partial charge in [0.25, 0.3) is 5.91 Å². The summed E-state index contributed by atoms with van der Waals surface area (Å²) in [5.74, 6) is 0.521. The first kappa shape index (κ1) is 15.1. The SMILES string of the molecule is CC(=O)c1c(C)[nH]c(C(=O)N(C)C(C)c2ccco2)c1C. The summed E-state index contributed by atoms with van der Waals surface area (Å²) in [4.78, 5) is 28.9. The number of nitrogens with one attached hydrogen (secondary N) is 1. The molecule has 2 aromatic rings. The van der Waals surface area contributed by atoms with Gasteiger partial charge in [0.15, 0.2) is 5.78 Å². The van der Waals surface area contributed by atoms with Gasteiger partial charge in [-0.05, 0) is 45.4 Å². The first-order valence-corrected chi connectivity index (χ1v) is 6.85. The molecule has 21 heavy (non-hydrogen) atoms. The molecule has 0 saturated carbocycles. The second-order valence-electron chi connectivity index (χ2n) is 5.29. The van der Waals surface area contributed by atoms with Crippen molar-refractivity contribution >= 4 is 11.7 Å². The van der Waals surface area contributed by atoms with E-state index in [2.05, 4.69) is 4.98 Å². The minimum Gasteiger partial charge on any atom is -0.467 e. The predicted octanol–water partition coefficient (Wildman–Crippen LogP) is 3.26. The van der Waals surface area contributed by atoms with Gasteiger partial charge in [-0.1, -0.05) is 0 Å². The monoisotopic (exact) mass is 288 g/mol. The van der Waals surface area contributed by atoms with Crippen molar-refractivity contribution in [3.63, 3.8) is 0 Å². The molecule has 2 rings (SSSR count). The van der Waals surface area contributed by atoms with E-state index >= 15 is 0 Å². The summed E-state index contributed by atoms with van der Waals surface area (Å²) in [6.07, 6.45) is 1.59. The Bertz CT molecular complexity index is 668. The highest BCUT2D eigenvalue weighted by molar-refractivity contribution is 6.02. The number of ketones is 1. The first-order chi connectivity index (χ1) is 9.84. The van der Waals surface area contributed by atoms with E-state index in [4.69, 9.17) is 4.42 Å². The lowest BCUT2D eigenvalue weighted by Crippen LogP contribution is -2.30. The lowest BCUT2D eigenvalue weighted by atomic mass is 10.1. The summed E-state index contributed by atoms with van der Waals surface area (Å²) in [6.45, 7) is 7.00. The average Bonchev–Trinajstić information content (AvgIpc) is 3.04. The molecule has 0 aromatic carbocycles. The van der Waals surface area contributed by atoms with E-state index in [9.17, 15) is 9.59 Å². The van der Waals surface area contributed by atoms with Crippen LogP contribution in [0.4, 0.5) is 0 Å². The Labute approximate surface area is 123 Å². The van der Waals surface area contributed by atoms with Crippen LogP contribution in [-0.2, 0) is 0 Å². The molecule has 1 amide bonds. The molecular weight excluding hydrogens is 268 g/mol. The number of rotatable bonds is 4. The number of hydrogen-bond donors (Lipinski definition) is 1. The molecule has 1 atom stereocenters. The Morgan fingerprint density at radius 1 is 1.33 bits per heavy atom. The number of hydrogen-bond acceptors (Lipinski definition) is 3. The molecule has 0 spiro atoms. The molecule has 2 aromatic heterocycles. The second kappa shape index (κ2) is 5.60. The maximum absolute atomic E-state index is 12.6. The van der Waals surface area contributed by atoms with Gasteiger partial charge >= 0.3 is 0 Å². The summed E-state index contributed by atoms with van der Waals surface area (Å²) in [7, 11) is 1.72. The van der Waals surface area contributed by atoms with Crippen molar-refractivity contribution in [3.05, 3.63) is 46.7 Å². The van der Waals surface area contributed by atoms with Crippen LogP contribution >= 0.6 is 0 Å². The van der Waals surface area contributed by atoms with E-state index in [1.54, 1.807) is 38.1 Å². The van der Waals surface area contributed by atoms with Gasteiger partial charge in [-0.2, -0.15) is 0 Å². The zero-order valence-corrected chi connectivity index (χ0v) is 13.0. The summed E-state index contributed by atoms with van der Waals surface area (Å²) < 4.78 is 5.34. The molecule has 0 aliphatic heterocycles. The van der Waals surface area contributed by atoms with E-state index in [0.29, 0.717) is 16.8 Å². The predicted molar refractivity (Wildman–Crippen MR) is 79.5 cm³/mol. The molecule has 2 heterocycles. The Kier molecular flexibility index (Phi) is 4.02. The van der Waals surface area contributed by atoms with Gasteiger partial charge in [-0.3, -0.25) is 9.59 Å². The fourth-order valence-electron chi connectivity index (χ4n) is 2.56. The fraction of sp³-hybridized carbons (Fsp3) is 0.375. The summed E-state index contributed by atoms with van der Waals surface area (Å²) in [5.41, 5.74) is 2.47. The van der Waals surface area contributed by atoms with Gasteiger partial charge in [0.05, 0.1) is 12.3 Å². The van der Waals surface area contributed by atoms with Crippen LogP contribution in [-0.4, -0.2) is 28.6 Å². The number of Topliss-reactive ketones (excluding diaryl/α,β-unsaturated/α-hetero) is 1. The maximum Gasteiger partial charge on any atom is 0.270 e. The van der Waals surface area contributed by atoms with Crippen molar-refractivity contribution in [2.45, 2.75) is 33.7 Å². The van der Waals surface area contributed by atoms with Crippen LogP contribution in [0.15, 0.2) is 22.8 Å². The summed E-state index contributed by atoms with van der Waals surface area (Å²) >= 11 is 0. The van der Waals surface area contributed by atoms with Gasteiger partial charge in [0.1, 0.15) is 11.5 Å². The molecule has 5 nitrogen and oxygen atoms in total. The Morgan fingerprint density at radius 2 is 2.00 bits per heavy atom. The van der Waals surface area contributed by atoms with Crippen molar-refractivity contribution < 1.29 is 14.0 Å². The normalized spacial score (nSPS) is 12.2. The molecule has 0 radical (unpaired) electrons. The fourth-order valence-corrected chi connectivity index (χ4v) is 2.56. The Hall–Kier alpha value is -2.30. The molecule has 1 unspecified atom stereocenters. The standard InChI is InChI=1S/C16H20N2O3/c1-9-14(12(4)19)10(2)17-15(9)16(20)18(5)11(3)13-7-6-8-21-13/h6-8,11,17H,1-5H3. The second-order valence-corrected chi connectivity index (χ2v) is 5.29. The molecule has 0 aliphatic carbocycles. The topological polar surface area (TPSA) is 66.3 Å². The van der Waals surface area contributed by atoms with Crippen LogP contribution in [0.3, 0.4) is 0 Å². The Balaban J connectivity index is 2.32. The minimum atomic E-state index is -0.184. The molecule has 5 heteroatoms. The lowest BCUT2D eigenvalue weighted by Gasteiger charge is -2.23. The third kappa shape index (κ3) is 2.63. The van der Waals surface area contributed by atoms with Gasteiger partial charge in [-0.15, -0.1) is 0 Å². The third-order valence-electron chi connectivity index (χ3n) is 3.86. The number of carbonyl (C=O) groups is 2. The highest BCUT2D eigenvalue weighted by Gasteiger charge is 2.26. The van der Waals surface area contributed by atoms with Crippen molar-refractivity contribution in [1.29, 1.82) is 0 Å². The number of furan rings is 1. The van der Waals surface area contributed by atoms with Crippen LogP contribution < -0.4 is 0 Å². The van der Waals surface area contributed by atoms with Gasteiger partial charge < -0.3 is 14.3 Å². The minimum absolute atomic E-state index is 0.0398. The molecule has 0 fully saturated rings. The number of H-pyrrole nitrogens is 1. The molecule has 1 N–H and O–H groups in total. The summed E-state index contributed by atoms with van der Waals surface area (Å²) in [6, 6.07) is 3.45. The smallest absolute Gasteiger partial charge is 0.270 e. The molecular formula is C16H20N2O3. The number of aromatic amines is 1. The van der Waals surface area contributed by atoms with Gasteiger partial charge in [0, 0.05) is 18.3 Å². The molecule has 0 bridgehead atoms. The highest BCUT2D eigenvalue weighted by Crippen LogP contribution is 2.24. The largest absolute Gasteiger partial charge is 0.467 e. The van der Waals surface area contributed by atoms with E-state index in [1.807, 2.05) is 13.0 Å². The number of amides is 1. The average molecular weight is 288 g/mol. The van der Waals surface area contributed by atoms with Gasteiger partial charge in [-0.25, -0.2) is 0 Å². The lowest BCUT2D eigenvalue weighted by molar-refractivity contribution is 0.0720. The number of carbonyl (C=O) groups excluding carboxylic acids is 2. The van der Waals surface area contributed by atoms with Crippen LogP contribution in [0, 0.1) is 13.8 Å². The van der Waals surface area contributed by atoms with Crippen molar-refractivity contribution in [2.75, 3.05) is 7.05 Å². The van der Waals surface area contributed by atoms with Crippen LogP contribution in [0.5, 0.6) is 0 Å². The maximum atomic E-state index is 12.6. The highest BCUT2D eigenvalue weighted by atomic mass is 16.3. The van der Waals surface area contributed by atoms with E-state index in [-0.39, 0.29) is 17.7 Å². The Morgan fingerprint density at radius 3 is 2.48 bits per heavy atom. The molecule has 0 aliphatic rings. The van der Waals surface area contributed by atoms with Crippen LogP contribution in [0.2, 0.25) is 0 Å². The van der Waals surface area contributed by atoms with Crippen molar-refractivity contribution in [2.24, 2.45) is 0 Å². The quantitative estimate of drug-likeness (QED) is 0.878. The summed E-state index contributed by atoms with van der Waals surface area (Å²) in [5, 5.41) is 0. The number of nitrogens with zero attached hydrogens (tertiary/aromatic N) is 1. The van der Waals surface area contributed by atoms with E-state index in [1.165, 1.54) is 6.92 Å².